The highest BCUT2D eigenvalue weighted by Gasteiger charge is 2.27. The number of aliphatic hydroxyl groups is 1. The Morgan fingerprint density at radius 2 is 1.66 bits per heavy atom. The van der Waals surface area contributed by atoms with Crippen molar-refractivity contribution in [3.8, 4) is 0 Å². The summed E-state index contributed by atoms with van der Waals surface area (Å²) < 4.78 is 22.9. The average molecular weight is 480 g/mol. The quantitative estimate of drug-likeness (QED) is 0.105. The minimum Gasteiger partial charge on any atom is -0.387 e. The number of nitrogens with zero attached hydrogens (tertiary/aromatic N) is 1. The van der Waals surface area contributed by atoms with Crippen LogP contribution in [0.25, 0.3) is 0 Å². The van der Waals surface area contributed by atoms with Gasteiger partial charge in [0, 0.05) is 6.42 Å². The number of carbonyl (C=O) groups excluding carboxylic acids is 1. The summed E-state index contributed by atoms with van der Waals surface area (Å²) >= 11 is 0. The second-order valence-electron chi connectivity index (χ2n) is 9.36. The van der Waals surface area contributed by atoms with Crippen molar-refractivity contribution in [3.05, 3.63) is 12.2 Å². The summed E-state index contributed by atoms with van der Waals surface area (Å²) in [4.78, 5) is 22.3. The van der Waals surface area contributed by atoms with Crippen LogP contribution in [-0.2, 0) is 18.4 Å². The highest BCUT2D eigenvalue weighted by Crippen LogP contribution is 2.43. The third-order valence-electron chi connectivity index (χ3n) is 5.01. The van der Waals surface area contributed by atoms with Crippen LogP contribution in [0, 0.1) is 0 Å². The normalized spacial score (nSPS) is 16.1. The van der Waals surface area contributed by atoms with Gasteiger partial charge in [-0.05, 0) is 12.8 Å². The molecule has 0 aromatic carbocycles. The lowest BCUT2D eigenvalue weighted by Crippen LogP contribution is -2.45. The molecule has 32 heavy (non-hydrogen) atoms. The number of rotatable bonds is 20. The first kappa shape index (κ1) is 31.2. The van der Waals surface area contributed by atoms with Gasteiger partial charge in [0.25, 0.3) is 0 Å². The molecule has 0 aliphatic carbocycles. The van der Waals surface area contributed by atoms with E-state index in [9.17, 15) is 19.4 Å². The highest BCUT2D eigenvalue weighted by atomic mass is 31.2. The molecule has 0 bridgehead atoms. The topological polar surface area (TPSA) is 105 Å². The van der Waals surface area contributed by atoms with Gasteiger partial charge in [0.1, 0.15) is 13.2 Å². The molecule has 0 heterocycles. The molecule has 0 aliphatic heterocycles. The Labute approximate surface area is 195 Å². The van der Waals surface area contributed by atoms with Crippen molar-refractivity contribution in [1.82, 2.24) is 5.32 Å². The molecule has 0 fully saturated rings. The number of aliphatic hydroxyl groups excluding tert-OH is 1. The van der Waals surface area contributed by atoms with Gasteiger partial charge in [-0.1, -0.05) is 70.9 Å². The number of quaternary nitrogens is 1. The van der Waals surface area contributed by atoms with Gasteiger partial charge in [-0.3, -0.25) is 13.8 Å². The molecular formula is C23H48N2O6P+. The Kier molecular flexibility index (Phi) is 17.3. The van der Waals surface area contributed by atoms with Crippen LogP contribution in [0.1, 0.15) is 78.1 Å². The minimum absolute atomic E-state index is 0.0613. The first-order valence-electron chi connectivity index (χ1n) is 12.1. The molecule has 0 rings (SSSR count). The van der Waals surface area contributed by atoms with Gasteiger partial charge in [-0.15, -0.1) is 0 Å². The summed E-state index contributed by atoms with van der Waals surface area (Å²) in [5, 5.41) is 13.3. The summed E-state index contributed by atoms with van der Waals surface area (Å²) in [5.41, 5.74) is 0. The number of amides is 1. The zero-order valence-electron chi connectivity index (χ0n) is 20.9. The fourth-order valence-corrected chi connectivity index (χ4v) is 3.64. The summed E-state index contributed by atoms with van der Waals surface area (Å²) in [6.07, 6.45) is 12.1. The molecule has 0 aromatic heterocycles. The number of likely N-dealkylation sites (N-methyl/N-ethyl adjacent to an activating group) is 1. The number of allylic oxidation sites excluding steroid dienone is 1. The molecule has 0 spiro atoms. The molecule has 9 heteroatoms. The van der Waals surface area contributed by atoms with Gasteiger partial charge < -0.3 is 19.8 Å². The van der Waals surface area contributed by atoms with Crippen LogP contribution in [0.3, 0.4) is 0 Å². The molecule has 3 unspecified atom stereocenters. The minimum atomic E-state index is -4.29. The standard InChI is InChI=1S/C23H47N2O6P/c1-6-8-10-12-13-15-17-23(27)24-21(22(26)16-14-11-9-7-2)20-31-32(28,29)30-19-18-25(3,4)5/h14,16,21-22,26H,6-13,15,17-20H2,1-5H3,(H-,24,27,28,29)/p+1/b16-14+. The van der Waals surface area contributed by atoms with Crippen molar-refractivity contribution in [2.45, 2.75) is 90.2 Å². The fourth-order valence-electron chi connectivity index (χ4n) is 2.90. The second-order valence-corrected chi connectivity index (χ2v) is 10.8. The van der Waals surface area contributed by atoms with Crippen LogP contribution in [0.15, 0.2) is 12.2 Å². The molecule has 190 valence electrons. The molecule has 3 N–H and O–H groups in total. The van der Waals surface area contributed by atoms with E-state index in [4.69, 9.17) is 9.05 Å². The summed E-state index contributed by atoms with van der Waals surface area (Å²) in [6.45, 7) is 4.53. The van der Waals surface area contributed by atoms with Crippen molar-refractivity contribution in [2.75, 3.05) is 40.9 Å². The third-order valence-corrected chi connectivity index (χ3v) is 5.99. The molecule has 0 aromatic rings. The Bertz CT molecular complexity index is 565. The summed E-state index contributed by atoms with van der Waals surface area (Å²) in [7, 11) is 1.56. The van der Waals surface area contributed by atoms with E-state index in [-0.39, 0.29) is 19.1 Å². The number of carbonyl (C=O) groups is 1. The van der Waals surface area contributed by atoms with Crippen molar-refractivity contribution in [1.29, 1.82) is 0 Å². The van der Waals surface area contributed by atoms with Gasteiger partial charge in [0.05, 0.1) is 39.9 Å². The van der Waals surface area contributed by atoms with E-state index in [1.165, 1.54) is 19.3 Å². The number of nitrogens with one attached hydrogen (secondary N) is 1. The van der Waals surface area contributed by atoms with Crippen LogP contribution >= 0.6 is 7.82 Å². The molecule has 0 saturated heterocycles. The summed E-state index contributed by atoms with van der Waals surface area (Å²) in [6, 6.07) is -0.831. The molecule has 0 aliphatic rings. The zero-order valence-corrected chi connectivity index (χ0v) is 21.8. The van der Waals surface area contributed by atoms with E-state index in [1.54, 1.807) is 6.08 Å². The van der Waals surface area contributed by atoms with E-state index in [2.05, 4.69) is 19.2 Å². The maximum Gasteiger partial charge on any atom is 0.472 e. The molecule has 1 amide bonds. The lowest BCUT2D eigenvalue weighted by molar-refractivity contribution is -0.870. The maximum atomic E-state index is 12.4. The lowest BCUT2D eigenvalue weighted by Gasteiger charge is -2.25. The van der Waals surface area contributed by atoms with E-state index >= 15 is 0 Å². The first-order valence-corrected chi connectivity index (χ1v) is 13.6. The molecule has 8 nitrogen and oxygen atoms in total. The van der Waals surface area contributed by atoms with Gasteiger partial charge >= 0.3 is 7.82 Å². The molecule has 3 atom stereocenters. The van der Waals surface area contributed by atoms with Crippen molar-refractivity contribution >= 4 is 13.7 Å². The Morgan fingerprint density at radius 3 is 2.28 bits per heavy atom. The Hall–Kier alpha value is -0.760. The predicted molar refractivity (Wildman–Crippen MR) is 129 cm³/mol. The van der Waals surface area contributed by atoms with Crippen LogP contribution in [-0.4, -0.2) is 73.4 Å². The van der Waals surface area contributed by atoms with Crippen molar-refractivity contribution in [2.24, 2.45) is 0 Å². The van der Waals surface area contributed by atoms with E-state index < -0.39 is 20.0 Å². The number of phosphoric ester groups is 1. The first-order chi connectivity index (χ1) is 15.0. The number of hydrogen-bond donors (Lipinski definition) is 3. The molecule has 0 saturated carbocycles. The lowest BCUT2D eigenvalue weighted by atomic mass is 10.1. The predicted octanol–water partition coefficient (Wildman–Crippen LogP) is 4.17. The maximum absolute atomic E-state index is 12.4. The van der Waals surface area contributed by atoms with Gasteiger partial charge in [-0.25, -0.2) is 4.57 Å². The zero-order chi connectivity index (χ0) is 24.5. The van der Waals surface area contributed by atoms with Gasteiger partial charge in [-0.2, -0.15) is 0 Å². The van der Waals surface area contributed by atoms with Gasteiger partial charge in [0.2, 0.25) is 5.91 Å². The van der Waals surface area contributed by atoms with Crippen LogP contribution in [0.4, 0.5) is 0 Å². The van der Waals surface area contributed by atoms with Crippen molar-refractivity contribution in [3.63, 3.8) is 0 Å². The smallest absolute Gasteiger partial charge is 0.387 e. The Morgan fingerprint density at radius 1 is 1.03 bits per heavy atom. The molecule has 0 radical (unpaired) electrons. The number of phosphoric acid groups is 1. The molecular weight excluding hydrogens is 431 g/mol. The van der Waals surface area contributed by atoms with Crippen molar-refractivity contribution < 1.29 is 32.9 Å². The number of unbranched alkanes of at least 4 members (excludes halogenated alkanes) is 7. The Balaban J connectivity index is 4.73. The average Bonchev–Trinajstić information content (AvgIpc) is 2.69. The monoisotopic (exact) mass is 479 g/mol. The summed E-state index contributed by atoms with van der Waals surface area (Å²) in [5.74, 6) is -0.200. The fraction of sp³-hybridized carbons (Fsp3) is 0.870. The van der Waals surface area contributed by atoms with Crippen LogP contribution < -0.4 is 5.32 Å². The van der Waals surface area contributed by atoms with Gasteiger partial charge in [0.15, 0.2) is 0 Å². The largest absolute Gasteiger partial charge is 0.472 e. The second kappa shape index (κ2) is 17.7. The highest BCUT2D eigenvalue weighted by molar-refractivity contribution is 7.47. The third kappa shape index (κ3) is 18.8. The van der Waals surface area contributed by atoms with Crippen LogP contribution in [0.2, 0.25) is 0 Å². The SMILES string of the molecule is CCCC/C=C/C(O)C(COP(=O)(O)OCC[N+](C)(C)C)NC(=O)CCCCCCCC. The van der Waals surface area contributed by atoms with Crippen LogP contribution in [0.5, 0.6) is 0 Å². The number of hydrogen-bond acceptors (Lipinski definition) is 5. The van der Waals surface area contributed by atoms with E-state index in [0.717, 1.165) is 38.5 Å². The van der Waals surface area contributed by atoms with E-state index in [1.807, 2.05) is 27.2 Å². The van der Waals surface area contributed by atoms with E-state index in [0.29, 0.717) is 17.4 Å².